The second kappa shape index (κ2) is 8.59. The van der Waals surface area contributed by atoms with Crippen LogP contribution < -0.4 is 4.72 Å². The average Bonchev–Trinajstić information content (AvgIpc) is 2.68. The van der Waals surface area contributed by atoms with Gasteiger partial charge in [0.05, 0.1) is 4.90 Å². The summed E-state index contributed by atoms with van der Waals surface area (Å²) >= 11 is 0. The Labute approximate surface area is 169 Å². The van der Waals surface area contributed by atoms with E-state index in [9.17, 15) is 22.0 Å². The largest absolute Gasteiger partial charge is 0.349 e. The van der Waals surface area contributed by atoms with Gasteiger partial charge in [0.25, 0.3) is 0 Å². The minimum atomic E-state index is -3.73. The SMILES string of the molecule is CN(C)C(=O)C1CCC(NS(=O)(=O)c2ccc(-c3ccc(F)cc3F)cc2)CC1. The van der Waals surface area contributed by atoms with Crippen LogP contribution >= 0.6 is 0 Å². The first kappa shape index (κ1) is 21.4. The number of carbonyl (C=O) groups excluding carboxylic acids is 1. The van der Waals surface area contributed by atoms with Crippen molar-refractivity contribution in [2.24, 2.45) is 5.92 Å². The minimum absolute atomic E-state index is 0.0596. The summed E-state index contributed by atoms with van der Waals surface area (Å²) in [5, 5.41) is 0. The molecule has 0 spiro atoms. The second-order valence-corrected chi connectivity index (χ2v) is 9.27. The first-order chi connectivity index (χ1) is 13.7. The van der Waals surface area contributed by atoms with Crippen LogP contribution in [0, 0.1) is 17.6 Å². The molecule has 156 valence electrons. The third kappa shape index (κ3) is 5.00. The van der Waals surface area contributed by atoms with Crippen LogP contribution in [-0.2, 0) is 14.8 Å². The van der Waals surface area contributed by atoms with Crippen molar-refractivity contribution in [3.8, 4) is 11.1 Å². The van der Waals surface area contributed by atoms with E-state index < -0.39 is 21.7 Å². The number of sulfonamides is 1. The lowest BCUT2D eigenvalue weighted by Crippen LogP contribution is -2.40. The van der Waals surface area contributed by atoms with Crippen molar-refractivity contribution in [2.75, 3.05) is 14.1 Å². The highest BCUT2D eigenvalue weighted by Gasteiger charge is 2.29. The Morgan fingerprint density at radius 3 is 2.17 bits per heavy atom. The number of halogens is 2. The number of benzene rings is 2. The lowest BCUT2D eigenvalue weighted by Gasteiger charge is -2.29. The van der Waals surface area contributed by atoms with Crippen LogP contribution in [0.25, 0.3) is 11.1 Å². The Hall–Kier alpha value is -2.32. The molecular weight excluding hydrogens is 398 g/mol. The highest BCUT2D eigenvalue weighted by molar-refractivity contribution is 7.89. The fourth-order valence-electron chi connectivity index (χ4n) is 3.65. The summed E-state index contributed by atoms with van der Waals surface area (Å²) in [5.74, 6) is -1.36. The summed E-state index contributed by atoms with van der Waals surface area (Å²) in [7, 11) is -0.287. The van der Waals surface area contributed by atoms with Crippen LogP contribution in [-0.4, -0.2) is 39.4 Å². The van der Waals surface area contributed by atoms with Crippen LogP contribution in [0.15, 0.2) is 47.4 Å². The number of amides is 1. The predicted molar refractivity (Wildman–Crippen MR) is 107 cm³/mol. The molecule has 0 atom stereocenters. The number of nitrogens with zero attached hydrogens (tertiary/aromatic N) is 1. The first-order valence-electron chi connectivity index (χ1n) is 9.46. The second-order valence-electron chi connectivity index (χ2n) is 7.55. The monoisotopic (exact) mass is 422 g/mol. The Bertz CT molecular complexity index is 983. The molecule has 1 N–H and O–H groups in total. The molecule has 29 heavy (non-hydrogen) atoms. The van der Waals surface area contributed by atoms with E-state index in [-0.39, 0.29) is 28.3 Å². The van der Waals surface area contributed by atoms with E-state index in [0.29, 0.717) is 31.2 Å². The number of hydrogen-bond acceptors (Lipinski definition) is 3. The topological polar surface area (TPSA) is 66.5 Å². The molecule has 0 aliphatic heterocycles. The lowest BCUT2D eigenvalue weighted by molar-refractivity contribution is -0.134. The summed E-state index contributed by atoms with van der Waals surface area (Å²) in [6, 6.07) is 8.85. The molecule has 3 rings (SSSR count). The van der Waals surface area contributed by atoms with Crippen LogP contribution in [0.2, 0.25) is 0 Å². The Morgan fingerprint density at radius 2 is 1.62 bits per heavy atom. The molecule has 8 heteroatoms. The van der Waals surface area contributed by atoms with E-state index in [4.69, 9.17) is 0 Å². The standard InChI is InChI=1S/C21H24F2N2O3S/c1-25(2)21(26)15-3-8-17(9-4-15)24-29(27,28)18-10-5-14(6-11-18)19-12-7-16(22)13-20(19)23/h5-7,10-13,15,17,24H,3-4,8-9H2,1-2H3. The predicted octanol–water partition coefficient (Wildman–Crippen LogP) is 3.56. The van der Waals surface area contributed by atoms with Crippen molar-refractivity contribution in [2.45, 2.75) is 36.6 Å². The maximum atomic E-state index is 13.9. The first-order valence-corrected chi connectivity index (χ1v) is 10.9. The molecule has 2 aromatic carbocycles. The summed E-state index contributed by atoms with van der Waals surface area (Å²) in [5.41, 5.74) is 0.663. The summed E-state index contributed by atoms with van der Waals surface area (Å²) in [6.45, 7) is 0. The molecule has 0 bridgehead atoms. The van der Waals surface area contributed by atoms with E-state index >= 15 is 0 Å². The molecule has 2 aromatic rings. The molecule has 1 saturated carbocycles. The van der Waals surface area contributed by atoms with Gasteiger partial charge in [0.15, 0.2) is 0 Å². The van der Waals surface area contributed by atoms with Gasteiger partial charge in [0.2, 0.25) is 15.9 Å². The molecule has 1 aliphatic carbocycles. The van der Waals surface area contributed by atoms with Gasteiger partial charge in [-0.3, -0.25) is 4.79 Å². The van der Waals surface area contributed by atoms with Crippen molar-refractivity contribution < 1.29 is 22.0 Å². The zero-order valence-corrected chi connectivity index (χ0v) is 17.2. The van der Waals surface area contributed by atoms with E-state index in [2.05, 4.69) is 4.72 Å². The molecule has 0 aromatic heterocycles. The molecule has 1 amide bonds. The number of carbonyl (C=O) groups is 1. The van der Waals surface area contributed by atoms with E-state index in [1.54, 1.807) is 19.0 Å². The quantitative estimate of drug-likeness (QED) is 0.801. The highest BCUT2D eigenvalue weighted by Crippen LogP contribution is 2.28. The van der Waals surface area contributed by atoms with Gasteiger partial charge in [-0.2, -0.15) is 0 Å². The molecule has 5 nitrogen and oxygen atoms in total. The van der Waals surface area contributed by atoms with E-state index in [0.717, 1.165) is 12.1 Å². The van der Waals surface area contributed by atoms with Crippen LogP contribution in [0.3, 0.4) is 0 Å². The Morgan fingerprint density at radius 1 is 1.00 bits per heavy atom. The van der Waals surface area contributed by atoms with Crippen molar-refractivity contribution >= 4 is 15.9 Å². The molecule has 1 aliphatic rings. The van der Waals surface area contributed by atoms with Gasteiger partial charge in [0.1, 0.15) is 11.6 Å². The Kier molecular flexibility index (Phi) is 6.33. The van der Waals surface area contributed by atoms with Crippen LogP contribution in [0.4, 0.5) is 8.78 Å². The third-order valence-electron chi connectivity index (χ3n) is 5.25. The zero-order chi connectivity index (χ0) is 21.2. The summed E-state index contributed by atoms with van der Waals surface area (Å²) in [4.78, 5) is 13.7. The summed E-state index contributed by atoms with van der Waals surface area (Å²) < 4.78 is 55.0. The van der Waals surface area contributed by atoms with Gasteiger partial charge in [-0.1, -0.05) is 12.1 Å². The van der Waals surface area contributed by atoms with Gasteiger partial charge < -0.3 is 4.90 Å². The third-order valence-corrected chi connectivity index (χ3v) is 6.78. The van der Waals surface area contributed by atoms with Crippen molar-refractivity contribution in [3.63, 3.8) is 0 Å². The maximum absolute atomic E-state index is 13.9. The van der Waals surface area contributed by atoms with Gasteiger partial charge >= 0.3 is 0 Å². The van der Waals surface area contributed by atoms with Gasteiger partial charge in [-0.15, -0.1) is 0 Å². The molecule has 0 saturated heterocycles. The van der Waals surface area contributed by atoms with Crippen molar-refractivity contribution in [1.29, 1.82) is 0 Å². The van der Waals surface area contributed by atoms with Crippen LogP contribution in [0.5, 0.6) is 0 Å². The molecule has 0 unspecified atom stereocenters. The summed E-state index contributed by atoms with van der Waals surface area (Å²) in [6.07, 6.45) is 2.49. The van der Waals surface area contributed by atoms with E-state index in [1.165, 1.54) is 30.3 Å². The van der Waals surface area contributed by atoms with Crippen molar-refractivity contribution in [3.05, 3.63) is 54.1 Å². The Balaban J connectivity index is 1.67. The van der Waals surface area contributed by atoms with Crippen molar-refractivity contribution in [1.82, 2.24) is 9.62 Å². The number of rotatable bonds is 5. The molecular formula is C21H24F2N2O3S. The number of nitrogens with one attached hydrogen (secondary N) is 1. The average molecular weight is 422 g/mol. The van der Waals surface area contributed by atoms with E-state index in [1.807, 2.05) is 0 Å². The normalized spacial score (nSPS) is 19.7. The lowest BCUT2D eigenvalue weighted by atomic mass is 9.86. The molecule has 0 heterocycles. The molecule has 0 radical (unpaired) electrons. The highest BCUT2D eigenvalue weighted by atomic mass is 32.2. The molecule has 1 fully saturated rings. The fraction of sp³-hybridized carbons (Fsp3) is 0.381. The minimum Gasteiger partial charge on any atom is -0.349 e. The fourth-order valence-corrected chi connectivity index (χ4v) is 4.95. The number of hydrogen-bond donors (Lipinski definition) is 1. The zero-order valence-electron chi connectivity index (χ0n) is 16.4. The van der Waals surface area contributed by atoms with Gasteiger partial charge in [-0.05, 0) is 55.5 Å². The van der Waals surface area contributed by atoms with Gasteiger partial charge in [-0.25, -0.2) is 21.9 Å². The van der Waals surface area contributed by atoms with Gasteiger partial charge in [0, 0.05) is 37.7 Å². The van der Waals surface area contributed by atoms with Crippen LogP contribution in [0.1, 0.15) is 25.7 Å². The maximum Gasteiger partial charge on any atom is 0.240 e. The smallest absolute Gasteiger partial charge is 0.240 e.